The molecule has 0 saturated heterocycles. The highest BCUT2D eigenvalue weighted by molar-refractivity contribution is 9.09. The van der Waals surface area contributed by atoms with E-state index in [9.17, 15) is 9.59 Å². The van der Waals surface area contributed by atoms with Gasteiger partial charge in [0.1, 0.15) is 12.2 Å². The summed E-state index contributed by atoms with van der Waals surface area (Å²) >= 11 is 6.37. The highest BCUT2D eigenvalue weighted by atomic mass is 79.9. The van der Waals surface area contributed by atoms with Crippen molar-refractivity contribution in [3.05, 3.63) is 0 Å². The van der Waals surface area contributed by atoms with Crippen molar-refractivity contribution in [2.24, 2.45) is 0 Å². The summed E-state index contributed by atoms with van der Waals surface area (Å²) < 4.78 is 9.92. The van der Waals surface area contributed by atoms with Gasteiger partial charge < -0.3 is 9.47 Å². The highest BCUT2D eigenvalue weighted by Crippen LogP contribution is 2.11. The second-order valence-electron chi connectivity index (χ2n) is 2.60. The Morgan fingerprint density at radius 2 is 1.29 bits per heavy atom. The molecule has 0 aromatic heterocycles. The van der Waals surface area contributed by atoms with Gasteiger partial charge in [-0.3, -0.25) is 9.59 Å². The average Bonchev–Trinajstić information content (AvgIpc) is 2.10. The maximum Gasteiger partial charge on any atom is 0.303 e. The molecular formula is C8H12Br2O4. The normalized spacial score (nSPS) is 14.3. The van der Waals surface area contributed by atoms with E-state index in [0.717, 1.165) is 0 Å². The molecule has 0 aliphatic rings. The van der Waals surface area contributed by atoms with E-state index in [4.69, 9.17) is 9.47 Å². The SMILES string of the molecule is CC(=O)O[C@@H](CBr)[C@@H](CBr)OC(C)=O. The van der Waals surface area contributed by atoms with Gasteiger partial charge in [0.05, 0.1) is 0 Å². The van der Waals surface area contributed by atoms with Crippen LogP contribution in [-0.4, -0.2) is 34.8 Å². The molecule has 0 rings (SSSR count). The van der Waals surface area contributed by atoms with Gasteiger partial charge in [-0.05, 0) is 0 Å². The van der Waals surface area contributed by atoms with Crippen LogP contribution in [-0.2, 0) is 19.1 Å². The van der Waals surface area contributed by atoms with Gasteiger partial charge in [-0.15, -0.1) is 0 Å². The Morgan fingerprint density at radius 1 is 1.00 bits per heavy atom. The quantitative estimate of drug-likeness (QED) is 0.567. The van der Waals surface area contributed by atoms with Gasteiger partial charge in [0.15, 0.2) is 0 Å². The Balaban J connectivity index is 4.28. The van der Waals surface area contributed by atoms with Crippen molar-refractivity contribution in [3.8, 4) is 0 Å². The smallest absolute Gasteiger partial charge is 0.303 e. The van der Waals surface area contributed by atoms with Crippen LogP contribution in [0.5, 0.6) is 0 Å². The lowest BCUT2D eigenvalue weighted by atomic mass is 10.2. The predicted octanol–water partition coefficient (Wildman–Crippen LogP) is 1.64. The van der Waals surface area contributed by atoms with E-state index in [-0.39, 0.29) is 0 Å². The van der Waals surface area contributed by atoms with Gasteiger partial charge in [0.2, 0.25) is 0 Å². The molecule has 0 radical (unpaired) electrons. The fourth-order valence-electron chi connectivity index (χ4n) is 0.840. The van der Waals surface area contributed by atoms with E-state index in [1.54, 1.807) is 0 Å². The number of esters is 2. The van der Waals surface area contributed by atoms with E-state index < -0.39 is 24.1 Å². The van der Waals surface area contributed by atoms with Crippen LogP contribution in [0.4, 0.5) is 0 Å². The van der Waals surface area contributed by atoms with Crippen LogP contribution in [0.15, 0.2) is 0 Å². The molecule has 4 nitrogen and oxygen atoms in total. The Hall–Kier alpha value is -0.100. The molecule has 0 heterocycles. The molecule has 0 bridgehead atoms. The van der Waals surface area contributed by atoms with Crippen molar-refractivity contribution in [2.75, 3.05) is 10.7 Å². The zero-order chi connectivity index (χ0) is 11.1. The molecule has 0 saturated carbocycles. The molecule has 0 spiro atoms. The molecule has 0 aliphatic carbocycles. The van der Waals surface area contributed by atoms with E-state index in [1.165, 1.54) is 13.8 Å². The van der Waals surface area contributed by atoms with Crippen LogP contribution >= 0.6 is 31.9 Å². The first-order valence-corrected chi connectivity index (χ1v) is 6.22. The monoisotopic (exact) mass is 330 g/mol. The molecule has 0 aliphatic heterocycles. The Bertz CT molecular complexity index is 186. The van der Waals surface area contributed by atoms with Crippen molar-refractivity contribution in [1.29, 1.82) is 0 Å². The summed E-state index contributed by atoms with van der Waals surface area (Å²) in [5.74, 6) is -0.792. The fourth-order valence-corrected chi connectivity index (χ4v) is 1.94. The zero-order valence-corrected chi connectivity index (χ0v) is 11.1. The summed E-state index contributed by atoms with van der Waals surface area (Å²) in [4.78, 5) is 21.4. The minimum atomic E-state index is -0.462. The Morgan fingerprint density at radius 3 is 1.43 bits per heavy atom. The summed E-state index contributed by atoms with van der Waals surface area (Å²) in [5.41, 5.74) is 0. The van der Waals surface area contributed by atoms with Gasteiger partial charge in [-0.25, -0.2) is 0 Å². The lowest BCUT2D eigenvalue weighted by Crippen LogP contribution is -2.36. The topological polar surface area (TPSA) is 52.6 Å². The maximum atomic E-state index is 10.7. The van der Waals surface area contributed by atoms with Gasteiger partial charge >= 0.3 is 11.9 Å². The predicted molar refractivity (Wildman–Crippen MR) is 58.7 cm³/mol. The average molecular weight is 332 g/mol. The number of ether oxygens (including phenoxy) is 2. The minimum Gasteiger partial charge on any atom is -0.458 e. The molecule has 0 N–H and O–H groups in total. The van der Waals surface area contributed by atoms with Crippen molar-refractivity contribution in [2.45, 2.75) is 26.1 Å². The van der Waals surface area contributed by atoms with Crippen molar-refractivity contribution in [1.82, 2.24) is 0 Å². The molecule has 0 fully saturated rings. The summed E-state index contributed by atoms with van der Waals surface area (Å²) in [6.07, 6.45) is -0.924. The second kappa shape index (κ2) is 7.23. The Kier molecular flexibility index (Phi) is 7.17. The molecule has 2 atom stereocenters. The van der Waals surface area contributed by atoms with E-state index in [2.05, 4.69) is 31.9 Å². The van der Waals surface area contributed by atoms with Crippen LogP contribution in [0.3, 0.4) is 0 Å². The lowest BCUT2D eigenvalue weighted by Gasteiger charge is -2.22. The number of hydrogen-bond acceptors (Lipinski definition) is 4. The third kappa shape index (κ3) is 5.59. The van der Waals surface area contributed by atoms with E-state index >= 15 is 0 Å². The van der Waals surface area contributed by atoms with Gasteiger partial charge in [-0.2, -0.15) is 0 Å². The fraction of sp³-hybridized carbons (Fsp3) is 0.750. The standard InChI is InChI=1S/C8H12Br2O4/c1-5(11)13-7(3-9)8(4-10)14-6(2)12/h7-8H,3-4H2,1-2H3/t7-,8+. The number of alkyl halides is 2. The van der Waals surface area contributed by atoms with Gasteiger partial charge in [0.25, 0.3) is 0 Å². The third-order valence-corrected chi connectivity index (χ3v) is 2.63. The summed E-state index contributed by atoms with van der Waals surface area (Å²) in [5, 5.41) is 0.853. The minimum absolute atomic E-state index is 0.396. The van der Waals surface area contributed by atoms with Crippen molar-refractivity contribution < 1.29 is 19.1 Å². The van der Waals surface area contributed by atoms with Crippen LogP contribution in [0.2, 0.25) is 0 Å². The van der Waals surface area contributed by atoms with Crippen molar-refractivity contribution in [3.63, 3.8) is 0 Å². The number of hydrogen-bond donors (Lipinski definition) is 0. The first kappa shape index (κ1) is 13.9. The third-order valence-electron chi connectivity index (χ3n) is 1.35. The van der Waals surface area contributed by atoms with Crippen LogP contribution in [0, 0.1) is 0 Å². The molecule has 6 heteroatoms. The number of carbonyl (C=O) groups is 2. The lowest BCUT2D eigenvalue weighted by molar-refractivity contribution is -0.161. The van der Waals surface area contributed by atoms with Gasteiger partial charge in [-0.1, -0.05) is 31.9 Å². The zero-order valence-electron chi connectivity index (χ0n) is 7.96. The first-order chi connectivity index (χ1) is 6.51. The second-order valence-corrected chi connectivity index (χ2v) is 3.90. The van der Waals surface area contributed by atoms with Gasteiger partial charge in [0, 0.05) is 24.5 Å². The van der Waals surface area contributed by atoms with Crippen LogP contribution in [0.1, 0.15) is 13.8 Å². The molecule has 0 aromatic carbocycles. The number of carbonyl (C=O) groups excluding carboxylic acids is 2. The van der Waals surface area contributed by atoms with Crippen LogP contribution in [0.25, 0.3) is 0 Å². The summed E-state index contributed by atoms with van der Waals surface area (Å²) in [6, 6.07) is 0. The first-order valence-electron chi connectivity index (χ1n) is 3.97. The number of rotatable bonds is 5. The molecule has 14 heavy (non-hydrogen) atoms. The van der Waals surface area contributed by atoms with Crippen LogP contribution < -0.4 is 0 Å². The molecule has 0 aromatic rings. The molecule has 0 unspecified atom stereocenters. The van der Waals surface area contributed by atoms with E-state index in [1.807, 2.05) is 0 Å². The largest absolute Gasteiger partial charge is 0.458 e. The number of halogens is 2. The summed E-state index contributed by atoms with van der Waals surface area (Å²) in [6.45, 7) is 2.63. The summed E-state index contributed by atoms with van der Waals surface area (Å²) in [7, 11) is 0. The highest BCUT2D eigenvalue weighted by Gasteiger charge is 2.24. The molecular weight excluding hydrogens is 320 g/mol. The van der Waals surface area contributed by atoms with E-state index in [0.29, 0.717) is 10.7 Å². The molecule has 82 valence electrons. The maximum absolute atomic E-state index is 10.7. The van der Waals surface area contributed by atoms with Crippen molar-refractivity contribution >= 4 is 43.8 Å². The Labute approximate surface area is 99.6 Å². The molecule has 0 amide bonds.